The van der Waals surface area contributed by atoms with Crippen molar-refractivity contribution in [3.05, 3.63) is 16.1 Å². The van der Waals surface area contributed by atoms with Gasteiger partial charge in [0.25, 0.3) is 5.91 Å². The van der Waals surface area contributed by atoms with Gasteiger partial charge in [-0.1, -0.05) is 0 Å². The Morgan fingerprint density at radius 1 is 1.60 bits per heavy atom. The number of halogens is 3. The fourth-order valence-electron chi connectivity index (χ4n) is 0.826. The SMILES string of the molecule is CON(C)C(=O)c1scnc1C(F)(F)F. The number of carbonyl (C=O) groups excluding carboxylic acids is 1. The fourth-order valence-corrected chi connectivity index (χ4v) is 1.60. The summed E-state index contributed by atoms with van der Waals surface area (Å²) >= 11 is 0.626. The Morgan fingerprint density at radius 3 is 2.67 bits per heavy atom. The Balaban J connectivity index is 3.06. The molecule has 0 aliphatic heterocycles. The summed E-state index contributed by atoms with van der Waals surface area (Å²) in [4.78, 5) is 18.5. The van der Waals surface area contributed by atoms with E-state index in [0.29, 0.717) is 16.4 Å². The maximum Gasteiger partial charge on any atom is 0.434 e. The minimum Gasteiger partial charge on any atom is -0.274 e. The van der Waals surface area contributed by atoms with E-state index < -0.39 is 22.7 Å². The molecular formula is C7H7F3N2O2S. The molecule has 0 aliphatic rings. The lowest BCUT2D eigenvalue weighted by molar-refractivity contribution is -0.141. The molecule has 1 heterocycles. The molecule has 0 bridgehead atoms. The zero-order valence-corrected chi connectivity index (χ0v) is 8.65. The van der Waals surface area contributed by atoms with E-state index >= 15 is 0 Å². The molecule has 0 fully saturated rings. The van der Waals surface area contributed by atoms with Gasteiger partial charge >= 0.3 is 6.18 Å². The first-order chi connectivity index (χ1) is 6.88. The van der Waals surface area contributed by atoms with Crippen LogP contribution in [0.3, 0.4) is 0 Å². The van der Waals surface area contributed by atoms with Gasteiger partial charge in [-0.2, -0.15) is 13.2 Å². The Hall–Kier alpha value is -1.15. The number of hydroxylamine groups is 2. The van der Waals surface area contributed by atoms with Gasteiger partial charge in [-0.25, -0.2) is 10.0 Å². The second-order valence-corrected chi connectivity index (χ2v) is 3.37. The van der Waals surface area contributed by atoms with Gasteiger partial charge in [-0.05, 0) is 0 Å². The third-order valence-corrected chi connectivity index (χ3v) is 2.40. The molecule has 1 rings (SSSR count). The van der Waals surface area contributed by atoms with E-state index in [4.69, 9.17) is 0 Å². The number of thiazole rings is 1. The van der Waals surface area contributed by atoms with E-state index in [1.54, 1.807) is 0 Å². The third-order valence-electron chi connectivity index (χ3n) is 1.59. The van der Waals surface area contributed by atoms with Gasteiger partial charge < -0.3 is 0 Å². The Kier molecular flexibility index (Phi) is 3.30. The van der Waals surface area contributed by atoms with Crippen molar-refractivity contribution in [3.8, 4) is 0 Å². The second-order valence-electron chi connectivity index (χ2n) is 2.51. The monoisotopic (exact) mass is 240 g/mol. The Bertz CT molecular complexity index is 363. The number of nitrogens with zero attached hydrogens (tertiary/aromatic N) is 2. The molecule has 0 saturated heterocycles. The van der Waals surface area contributed by atoms with Gasteiger partial charge in [0.2, 0.25) is 0 Å². The molecular weight excluding hydrogens is 233 g/mol. The van der Waals surface area contributed by atoms with Crippen LogP contribution in [-0.2, 0) is 11.0 Å². The van der Waals surface area contributed by atoms with Crippen molar-refractivity contribution in [2.45, 2.75) is 6.18 Å². The second kappa shape index (κ2) is 4.15. The molecule has 1 amide bonds. The highest BCUT2D eigenvalue weighted by Gasteiger charge is 2.39. The summed E-state index contributed by atoms with van der Waals surface area (Å²) in [6.45, 7) is 0. The van der Waals surface area contributed by atoms with E-state index in [9.17, 15) is 18.0 Å². The zero-order chi connectivity index (χ0) is 11.6. The van der Waals surface area contributed by atoms with Crippen LogP contribution in [0.2, 0.25) is 0 Å². The molecule has 1 aromatic heterocycles. The van der Waals surface area contributed by atoms with Crippen LogP contribution in [0.25, 0.3) is 0 Å². The van der Waals surface area contributed by atoms with Crippen molar-refractivity contribution in [2.24, 2.45) is 0 Å². The lowest BCUT2D eigenvalue weighted by Crippen LogP contribution is -2.26. The summed E-state index contributed by atoms with van der Waals surface area (Å²) in [6.07, 6.45) is -4.63. The van der Waals surface area contributed by atoms with Crippen molar-refractivity contribution in [3.63, 3.8) is 0 Å². The number of alkyl halides is 3. The van der Waals surface area contributed by atoms with E-state index in [1.165, 1.54) is 14.2 Å². The van der Waals surface area contributed by atoms with Crippen molar-refractivity contribution in [1.82, 2.24) is 10.0 Å². The first-order valence-electron chi connectivity index (χ1n) is 3.70. The number of aromatic nitrogens is 1. The molecule has 84 valence electrons. The zero-order valence-electron chi connectivity index (χ0n) is 7.83. The standard InChI is InChI=1S/C7H7F3N2O2S/c1-12(14-2)6(13)4-5(7(8,9)10)11-3-15-4/h3H,1-2H3. The van der Waals surface area contributed by atoms with Gasteiger partial charge in [-0.3, -0.25) is 9.63 Å². The van der Waals surface area contributed by atoms with Crippen molar-refractivity contribution in [1.29, 1.82) is 0 Å². The van der Waals surface area contributed by atoms with Crippen molar-refractivity contribution < 1.29 is 22.8 Å². The quantitative estimate of drug-likeness (QED) is 0.740. The maximum atomic E-state index is 12.3. The Morgan fingerprint density at radius 2 is 2.20 bits per heavy atom. The number of carbonyl (C=O) groups is 1. The lowest BCUT2D eigenvalue weighted by Gasteiger charge is -2.13. The minimum absolute atomic E-state index is 0.480. The smallest absolute Gasteiger partial charge is 0.274 e. The Labute approximate surface area is 87.2 Å². The summed E-state index contributed by atoms with van der Waals surface area (Å²) in [7, 11) is 2.41. The molecule has 8 heteroatoms. The lowest BCUT2D eigenvalue weighted by atomic mass is 10.3. The molecule has 0 aromatic carbocycles. The largest absolute Gasteiger partial charge is 0.434 e. The first kappa shape index (κ1) is 11.9. The molecule has 0 atom stereocenters. The maximum absolute atomic E-state index is 12.3. The molecule has 0 N–H and O–H groups in total. The third kappa shape index (κ3) is 2.45. The highest BCUT2D eigenvalue weighted by atomic mass is 32.1. The van der Waals surface area contributed by atoms with E-state index in [0.717, 1.165) is 5.51 Å². The normalized spacial score (nSPS) is 11.5. The molecule has 0 saturated carbocycles. The highest BCUT2D eigenvalue weighted by molar-refractivity contribution is 7.11. The molecule has 0 spiro atoms. The van der Waals surface area contributed by atoms with Crippen LogP contribution in [0, 0.1) is 0 Å². The van der Waals surface area contributed by atoms with Gasteiger partial charge in [0.15, 0.2) is 5.69 Å². The summed E-state index contributed by atoms with van der Waals surface area (Å²) in [6, 6.07) is 0. The topological polar surface area (TPSA) is 42.4 Å². The highest BCUT2D eigenvalue weighted by Crippen LogP contribution is 2.33. The van der Waals surface area contributed by atoms with Crippen molar-refractivity contribution >= 4 is 17.2 Å². The number of hydrogen-bond donors (Lipinski definition) is 0. The average molecular weight is 240 g/mol. The summed E-state index contributed by atoms with van der Waals surface area (Å²) < 4.78 is 37.0. The molecule has 1 aromatic rings. The molecule has 0 unspecified atom stereocenters. The predicted molar refractivity (Wildman–Crippen MR) is 46.2 cm³/mol. The van der Waals surface area contributed by atoms with Crippen LogP contribution in [0.15, 0.2) is 5.51 Å². The summed E-state index contributed by atoms with van der Waals surface area (Å²) in [5.41, 5.74) is -0.207. The summed E-state index contributed by atoms with van der Waals surface area (Å²) in [5.74, 6) is -0.868. The molecule has 15 heavy (non-hydrogen) atoms. The van der Waals surface area contributed by atoms with E-state index in [1.807, 2.05) is 0 Å². The fraction of sp³-hybridized carbons (Fsp3) is 0.429. The van der Waals surface area contributed by atoms with Crippen LogP contribution in [-0.4, -0.2) is 30.1 Å². The molecule has 0 radical (unpaired) electrons. The van der Waals surface area contributed by atoms with Gasteiger partial charge in [0.1, 0.15) is 4.88 Å². The van der Waals surface area contributed by atoms with Gasteiger partial charge in [0, 0.05) is 7.05 Å². The van der Waals surface area contributed by atoms with Crippen LogP contribution in [0.4, 0.5) is 13.2 Å². The van der Waals surface area contributed by atoms with Gasteiger partial charge in [0.05, 0.1) is 12.6 Å². The van der Waals surface area contributed by atoms with E-state index in [2.05, 4.69) is 9.82 Å². The van der Waals surface area contributed by atoms with Gasteiger partial charge in [-0.15, -0.1) is 11.3 Å². The van der Waals surface area contributed by atoms with E-state index in [-0.39, 0.29) is 0 Å². The van der Waals surface area contributed by atoms with Crippen LogP contribution < -0.4 is 0 Å². The molecule has 0 aliphatic carbocycles. The summed E-state index contributed by atoms with van der Waals surface area (Å²) in [5, 5.41) is 0.711. The predicted octanol–water partition coefficient (Wildman–Crippen LogP) is 1.80. The average Bonchev–Trinajstić information content (AvgIpc) is 2.63. The van der Waals surface area contributed by atoms with Crippen LogP contribution in [0.1, 0.15) is 15.4 Å². The minimum atomic E-state index is -4.63. The van der Waals surface area contributed by atoms with Crippen LogP contribution in [0.5, 0.6) is 0 Å². The molecule has 4 nitrogen and oxygen atoms in total. The number of amides is 1. The van der Waals surface area contributed by atoms with Crippen molar-refractivity contribution in [2.75, 3.05) is 14.2 Å². The number of rotatable bonds is 2. The first-order valence-corrected chi connectivity index (χ1v) is 4.58. The van der Waals surface area contributed by atoms with Crippen LogP contribution >= 0.6 is 11.3 Å². The number of hydrogen-bond acceptors (Lipinski definition) is 4.